The van der Waals surface area contributed by atoms with Gasteiger partial charge in [-0.2, -0.15) is 0 Å². The first-order chi connectivity index (χ1) is 33.6. The minimum Gasteiger partial charge on any atom is -0.310 e. The predicted molar refractivity (Wildman–Crippen MR) is 292 cm³/mol. The van der Waals surface area contributed by atoms with Crippen LogP contribution in [0.5, 0.6) is 0 Å². The van der Waals surface area contributed by atoms with E-state index >= 15 is 0 Å². The van der Waals surface area contributed by atoms with Crippen LogP contribution in [0, 0.1) is 13.8 Å². The standard InChI is InChI=1S/C66H60N2/c1-45-41-51(47-21-9-3-10-22-47)33-39-61(45)67(53-29-17-7-18-30-53)63-43-59(49-25-13-5-14-26-49)55-36-38-58-64(44-60(50-27-15-6-16-28-50)56-35-37-57(63)65(55)66(56)58)68(54-31-19-8-20-32-54)62-40-34-52(42-46(62)2)48-23-11-4-12-24-48/h3-4,7-12,17-24,29-44,49-50H,5-6,13-16,25-28H2,1-2H3. The van der Waals surface area contributed by atoms with Crippen molar-refractivity contribution in [3.05, 3.63) is 216 Å². The molecule has 0 amide bonds. The third-order valence-corrected chi connectivity index (χ3v) is 15.6. The molecule has 0 aromatic heterocycles. The molecule has 0 saturated heterocycles. The zero-order valence-electron chi connectivity index (χ0n) is 39.6. The first-order valence-electron chi connectivity index (χ1n) is 25.4. The SMILES string of the molecule is Cc1cc(-c2ccccc2)ccc1N(c1ccccc1)c1cc(C2CCCCC2)c2ccc3c(N(c4ccccc4)c4ccc(-c5ccccc5)cc4C)cc(C4CCCCC4)c4ccc1c2c43. The molecule has 0 unspecified atom stereocenters. The molecule has 2 nitrogen and oxygen atoms in total. The van der Waals surface area contributed by atoms with Crippen LogP contribution in [0.3, 0.4) is 0 Å². The zero-order valence-corrected chi connectivity index (χ0v) is 39.6. The van der Waals surface area contributed by atoms with E-state index in [1.165, 1.54) is 175 Å². The maximum Gasteiger partial charge on any atom is 0.0543 e. The average molecular weight is 881 g/mol. The molecule has 2 aliphatic rings. The molecule has 10 aromatic carbocycles. The second-order valence-corrected chi connectivity index (χ2v) is 19.8. The Labute approximate surface area is 402 Å². The number of hydrogen-bond donors (Lipinski definition) is 0. The van der Waals surface area contributed by atoms with Crippen LogP contribution in [0.2, 0.25) is 0 Å². The van der Waals surface area contributed by atoms with Crippen LogP contribution in [0.1, 0.15) is 98.3 Å². The van der Waals surface area contributed by atoms with E-state index < -0.39 is 0 Å². The summed E-state index contributed by atoms with van der Waals surface area (Å²) in [5, 5.41) is 8.32. The third kappa shape index (κ3) is 7.61. The fourth-order valence-electron chi connectivity index (χ4n) is 12.3. The molecule has 2 saturated carbocycles. The van der Waals surface area contributed by atoms with Crippen molar-refractivity contribution in [2.24, 2.45) is 0 Å². The Hall–Kier alpha value is -7.16. The number of hydrogen-bond acceptors (Lipinski definition) is 2. The van der Waals surface area contributed by atoms with Crippen molar-refractivity contribution < 1.29 is 0 Å². The number of nitrogens with zero attached hydrogens (tertiary/aromatic N) is 2. The Kier molecular flexibility index (Phi) is 11.3. The second-order valence-electron chi connectivity index (χ2n) is 19.8. The highest BCUT2D eigenvalue weighted by Gasteiger charge is 2.30. The minimum absolute atomic E-state index is 0.509. The lowest BCUT2D eigenvalue weighted by Gasteiger charge is -2.34. The summed E-state index contributed by atoms with van der Waals surface area (Å²) in [5.41, 5.74) is 17.8. The molecule has 334 valence electrons. The monoisotopic (exact) mass is 880 g/mol. The summed E-state index contributed by atoms with van der Waals surface area (Å²) in [6.45, 7) is 4.59. The number of aryl methyl sites for hydroxylation is 2. The van der Waals surface area contributed by atoms with E-state index in [9.17, 15) is 0 Å². The van der Waals surface area contributed by atoms with Gasteiger partial charge in [0.2, 0.25) is 0 Å². The van der Waals surface area contributed by atoms with Crippen molar-refractivity contribution in [3.63, 3.8) is 0 Å². The van der Waals surface area contributed by atoms with Crippen molar-refractivity contribution in [2.45, 2.75) is 89.9 Å². The highest BCUT2D eigenvalue weighted by molar-refractivity contribution is 6.29. The molecule has 0 spiro atoms. The summed E-state index contributed by atoms with van der Waals surface area (Å²) in [4.78, 5) is 5.17. The van der Waals surface area contributed by atoms with Crippen molar-refractivity contribution >= 4 is 66.4 Å². The largest absolute Gasteiger partial charge is 0.310 e. The lowest BCUT2D eigenvalue weighted by atomic mass is 9.77. The fourth-order valence-corrected chi connectivity index (χ4v) is 12.3. The molecule has 0 aliphatic heterocycles. The van der Waals surface area contributed by atoms with E-state index in [-0.39, 0.29) is 0 Å². The molecule has 10 aromatic rings. The Morgan fingerprint density at radius 1 is 0.309 bits per heavy atom. The van der Waals surface area contributed by atoms with Crippen LogP contribution in [0.4, 0.5) is 34.1 Å². The molecule has 2 fully saturated rings. The van der Waals surface area contributed by atoms with E-state index in [4.69, 9.17) is 0 Å². The maximum absolute atomic E-state index is 2.62. The number of para-hydroxylation sites is 2. The minimum atomic E-state index is 0.509. The normalized spacial score (nSPS) is 14.8. The van der Waals surface area contributed by atoms with E-state index in [0.29, 0.717) is 11.8 Å². The van der Waals surface area contributed by atoms with E-state index in [2.05, 4.69) is 218 Å². The van der Waals surface area contributed by atoms with E-state index in [0.717, 1.165) is 0 Å². The smallest absolute Gasteiger partial charge is 0.0543 e. The van der Waals surface area contributed by atoms with Crippen LogP contribution in [-0.4, -0.2) is 0 Å². The molecule has 2 heteroatoms. The van der Waals surface area contributed by atoms with Gasteiger partial charge >= 0.3 is 0 Å². The van der Waals surface area contributed by atoms with Gasteiger partial charge in [-0.05, 0) is 178 Å². The van der Waals surface area contributed by atoms with Crippen molar-refractivity contribution in [1.29, 1.82) is 0 Å². The summed E-state index contributed by atoms with van der Waals surface area (Å²) in [6.07, 6.45) is 12.7. The fraction of sp³-hybridized carbons (Fsp3) is 0.212. The third-order valence-electron chi connectivity index (χ3n) is 15.6. The lowest BCUT2D eigenvalue weighted by Crippen LogP contribution is -2.15. The summed E-state index contributed by atoms with van der Waals surface area (Å²) in [6, 6.07) is 73.3. The van der Waals surface area contributed by atoms with Gasteiger partial charge in [0.15, 0.2) is 0 Å². The van der Waals surface area contributed by atoms with Gasteiger partial charge in [0.05, 0.1) is 11.4 Å². The maximum atomic E-state index is 2.62. The topological polar surface area (TPSA) is 6.48 Å². The van der Waals surface area contributed by atoms with Crippen LogP contribution < -0.4 is 9.80 Å². The van der Waals surface area contributed by atoms with Crippen LogP contribution in [0.15, 0.2) is 194 Å². The van der Waals surface area contributed by atoms with E-state index in [1.54, 1.807) is 0 Å². The van der Waals surface area contributed by atoms with Crippen molar-refractivity contribution in [3.8, 4) is 22.3 Å². The van der Waals surface area contributed by atoms with Gasteiger partial charge in [-0.15, -0.1) is 0 Å². The quantitative estimate of drug-likeness (QED) is 0.126. The van der Waals surface area contributed by atoms with Gasteiger partial charge < -0.3 is 9.80 Å². The highest BCUT2D eigenvalue weighted by atomic mass is 15.2. The molecular formula is C66H60N2. The molecule has 0 N–H and O–H groups in total. The molecule has 0 heterocycles. The van der Waals surface area contributed by atoms with E-state index in [1.807, 2.05) is 0 Å². The van der Waals surface area contributed by atoms with Crippen molar-refractivity contribution in [1.82, 2.24) is 0 Å². The number of benzene rings is 10. The Morgan fingerprint density at radius 3 is 1.03 bits per heavy atom. The molecule has 0 radical (unpaired) electrons. The summed E-state index contributed by atoms with van der Waals surface area (Å²) in [7, 11) is 0. The molecular weight excluding hydrogens is 821 g/mol. The number of rotatable bonds is 10. The van der Waals surface area contributed by atoms with Gasteiger partial charge in [-0.3, -0.25) is 0 Å². The van der Waals surface area contributed by atoms with Gasteiger partial charge in [-0.1, -0.05) is 172 Å². The second kappa shape index (κ2) is 18.1. The van der Waals surface area contributed by atoms with Crippen LogP contribution >= 0.6 is 0 Å². The summed E-state index contributed by atoms with van der Waals surface area (Å²) >= 11 is 0. The zero-order chi connectivity index (χ0) is 45.6. The predicted octanol–water partition coefficient (Wildman–Crippen LogP) is 19.6. The Morgan fingerprint density at radius 2 is 0.662 bits per heavy atom. The lowest BCUT2D eigenvalue weighted by molar-refractivity contribution is 0.445. The Bertz CT molecular complexity index is 3140. The summed E-state index contributed by atoms with van der Waals surface area (Å²) in [5.74, 6) is 1.02. The highest BCUT2D eigenvalue weighted by Crippen LogP contribution is 2.53. The molecule has 0 atom stereocenters. The van der Waals surface area contributed by atoms with Gasteiger partial charge in [0.25, 0.3) is 0 Å². The van der Waals surface area contributed by atoms with Gasteiger partial charge in [0.1, 0.15) is 0 Å². The summed E-state index contributed by atoms with van der Waals surface area (Å²) < 4.78 is 0. The van der Waals surface area contributed by atoms with Crippen LogP contribution in [-0.2, 0) is 0 Å². The Balaban J connectivity index is 1.16. The molecule has 12 rings (SSSR count). The average Bonchev–Trinajstić information content (AvgIpc) is 3.41. The molecule has 2 aliphatic carbocycles. The molecule has 68 heavy (non-hydrogen) atoms. The first kappa shape index (κ1) is 42.2. The number of anilines is 6. The van der Waals surface area contributed by atoms with Gasteiger partial charge in [-0.25, -0.2) is 0 Å². The van der Waals surface area contributed by atoms with Crippen molar-refractivity contribution in [2.75, 3.05) is 9.80 Å². The first-order valence-corrected chi connectivity index (χ1v) is 25.4. The van der Waals surface area contributed by atoms with Gasteiger partial charge in [0, 0.05) is 33.5 Å². The molecule has 0 bridgehead atoms. The van der Waals surface area contributed by atoms with Crippen LogP contribution in [0.25, 0.3) is 54.6 Å².